The Kier molecular flexibility index (Phi) is 4.73. The van der Waals surface area contributed by atoms with E-state index in [1.807, 2.05) is 4.90 Å². The van der Waals surface area contributed by atoms with E-state index in [1.165, 1.54) is 18.3 Å². The van der Waals surface area contributed by atoms with Crippen LogP contribution in [0.3, 0.4) is 0 Å². The second-order valence-electron chi connectivity index (χ2n) is 5.42. The van der Waals surface area contributed by atoms with Gasteiger partial charge in [0.05, 0.1) is 12.7 Å². The van der Waals surface area contributed by atoms with Gasteiger partial charge in [-0.2, -0.15) is 4.98 Å². The number of ether oxygens (including phenoxy) is 1. The van der Waals surface area contributed by atoms with Crippen molar-refractivity contribution < 1.29 is 19.4 Å². The van der Waals surface area contributed by atoms with Crippen molar-refractivity contribution >= 4 is 17.8 Å². The fourth-order valence-corrected chi connectivity index (χ4v) is 2.54. The molecule has 1 N–H and O–H groups in total. The highest BCUT2D eigenvalue weighted by molar-refractivity contribution is 5.95. The molecular formula is C16H17N5O4. The lowest BCUT2D eigenvalue weighted by Gasteiger charge is -2.34. The van der Waals surface area contributed by atoms with Crippen LogP contribution in [0.4, 0.5) is 5.95 Å². The van der Waals surface area contributed by atoms with Crippen LogP contribution in [0.25, 0.3) is 0 Å². The van der Waals surface area contributed by atoms with Crippen LogP contribution >= 0.6 is 0 Å². The molecule has 9 heteroatoms. The number of pyridine rings is 1. The third kappa shape index (κ3) is 3.65. The number of nitrogens with zero attached hydrogens (tertiary/aromatic N) is 5. The van der Waals surface area contributed by atoms with E-state index in [0.29, 0.717) is 43.6 Å². The first-order valence-corrected chi connectivity index (χ1v) is 7.69. The largest absolute Gasteiger partial charge is 0.481 e. The van der Waals surface area contributed by atoms with Crippen LogP contribution in [-0.2, 0) is 0 Å². The Morgan fingerprint density at radius 1 is 1.12 bits per heavy atom. The molecule has 3 heterocycles. The summed E-state index contributed by atoms with van der Waals surface area (Å²) in [6.07, 6.45) is 2.93. The summed E-state index contributed by atoms with van der Waals surface area (Å²) in [6, 6.07) is 4.49. The second-order valence-corrected chi connectivity index (χ2v) is 5.42. The predicted octanol–water partition coefficient (Wildman–Crippen LogP) is 0.541. The third-order valence-corrected chi connectivity index (χ3v) is 3.91. The number of carboxylic acids is 1. The molecule has 1 aliphatic rings. The molecule has 0 saturated carbocycles. The summed E-state index contributed by atoms with van der Waals surface area (Å²) in [5.41, 5.74) is 0.285. The standard InChI is InChI=1S/C16H17N5O4/c1-25-13-4-5-17-16(19-13)21-8-6-20(7-9-21)14(22)11-2-3-12(15(23)24)18-10-11/h2-5,10H,6-9H2,1H3,(H,23,24). The topological polar surface area (TPSA) is 109 Å². The molecule has 0 aliphatic carbocycles. The van der Waals surface area contributed by atoms with E-state index in [2.05, 4.69) is 15.0 Å². The number of anilines is 1. The normalized spacial score (nSPS) is 14.3. The molecule has 2 aromatic rings. The van der Waals surface area contributed by atoms with E-state index < -0.39 is 5.97 Å². The number of carboxylic acid groups (broad SMARTS) is 1. The Balaban J connectivity index is 1.63. The molecule has 2 aromatic heterocycles. The Bertz CT molecular complexity index is 772. The van der Waals surface area contributed by atoms with Crippen LogP contribution in [0.2, 0.25) is 0 Å². The molecule has 25 heavy (non-hydrogen) atoms. The zero-order valence-corrected chi connectivity index (χ0v) is 13.6. The fourth-order valence-electron chi connectivity index (χ4n) is 2.54. The number of amides is 1. The minimum atomic E-state index is -1.12. The van der Waals surface area contributed by atoms with Crippen LogP contribution in [0.15, 0.2) is 30.6 Å². The summed E-state index contributed by atoms with van der Waals surface area (Å²) in [5, 5.41) is 8.85. The summed E-state index contributed by atoms with van der Waals surface area (Å²) < 4.78 is 5.10. The zero-order valence-electron chi connectivity index (χ0n) is 13.6. The van der Waals surface area contributed by atoms with Crippen molar-refractivity contribution in [3.8, 4) is 5.88 Å². The maximum Gasteiger partial charge on any atom is 0.354 e. The number of hydrogen-bond acceptors (Lipinski definition) is 7. The molecule has 1 amide bonds. The molecule has 1 aliphatic heterocycles. The average Bonchev–Trinajstić information content (AvgIpc) is 2.67. The van der Waals surface area contributed by atoms with Gasteiger partial charge in [0, 0.05) is 44.6 Å². The maximum absolute atomic E-state index is 12.5. The summed E-state index contributed by atoms with van der Waals surface area (Å²) in [6.45, 7) is 2.22. The van der Waals surface area contributed by atoms with Gasteiger partial charge in [0.2, 0.25) is 11.8 Å². The Morgan fingerprint density at radius 2 is 1.88 bits per heavy atom. The predicted molar refractivity (Wildman–Crippen MR) is 87.9 cm³/mol. The van der Waals surface area contributed by atoms with Gasteiger partial charge in [-0.1, -0.05) is 0 Å². The van der Waals surface area contributed by atoms with E-state index in [-0.39, 0.29) is 11.6 Å². The number of piperazine rings is 1. The van der Waals surface area contributed by atoms with Gasteiger partial charge in [-0.25, -0.2) is 14.8 Å². The first-order chi connectivity index (χ1) is 12.1. The monoisotopic (exact) mass is 343 g/mol. The van der Waals surface area contributed by atoms with Crippen molar-refractivity contribution in [1.29, 1.82) is 0 Å². The van der Waals surface area contributed by atoms with Gasteiger partial charge < -0.3 is 19.6 Å². The molecule has 1 saturated heterocycles. The van der Waals surface area contributed by atoms with E-state index in [0.717, 1.165) is 0 Å². The van der Waals surface area contributed by atoms with Crippen molar-refractivity contribution in [2.45, 2.75) is 0 Å². The zero-order chi connectivity index (χ0) is 17.8. The summed E-state index contributed by atoms with van der Waals surface area (Å²) in [7, 11) is 1.55. The van der Waals surface area contributed by atoms with Gasteiger partial charge in [0.1, 0.15) is 5.69 Å². The van der Waals surface area contributed by atoms with Crippen LogP contribution < -0.4 is 9.64 Å². The van der Waals surface area contributed by atoms with Crippen molar-refractivity contribution in [1.82, 2.24) is 19.9 Å². The summed E-state index contributed by atoms with van der Waals surface area (Å²) in [4.78, 5) is 39.3. The Labute approximate surface area is 143 Å². The first-order valence-electron chi connectivity index (χ1n) is 7.69. The number of aromatic carboxylic acids is 1. The lowest BCUT2D eigenvalue weighted by molar-refractivity contribution is 0.0686. The number of aromatic nitrogens is 3. The highest BCUT2D eigenvalue weighted by Gasteiger charge is 2.24. The van der Waals surface area contributed by atoms with Gasteiger partial charge in [-0.05, 0) is 12.1 Å². The molecular weight excluding hydrogens is 326 g/mol. The van der Waals surface area contributed by atoms with Gasteiger partial charge in [0.25, 0.3) is 5.91 Å². The van der Waals surface area contributed by atoms with Crippen molar-refractivity contribution in [2.24, 2.45) is 0 Å². The average molecular weight is 343 g/mol. The number of hydrogen-bond donors (Lipinski definition) is 1. The Hall–Kier alpha value is -3.23. The molecule has 0 atom stereocenters. The third-order valence-electron chi connectivity index (χ3n) is 3.91. The summed E-state index contributed by atoms with van der Waals surface area (Å²) >= 11 is 0. The minimum absolute atomic E-state index is 0.0865. The first kappa shape index (κ1) is 16.6. The minimum Gasteiger partial charge on any atom is -0.481 e. The van der Waals surface area contributed by atoms with Crippen LogP contribution in [0.5, 0.6) is 5.88 Å². The summed E-state index contributed by atoms with van der Waals surface area (Å²) in [5.74, 6) is -0.228. The molecule has 0 radical (unpaired) electrons. The number of carbonyl (C=O) groups is 2. The quantitative estimate of drug-likeness (QED) is 0.857. The van der Waals surface area contributed by atoms with Crippen molar-refractivity contribution in [3.05, 3.63) is 41.9 Å². The van der Waals surface area contributed by atoms with E-state index >= 15 is 0 Å². The van der Waals surface area contributed by atoms with Crippen LogP contribution in [-0.4, -0.2) is 70.1 Å². The number of rotatable bonds is 4. The van der Waals surface area contributed by atoms with Gasteiger partial charge in [0.15, 0.2) is 0 Å². The van der Waals surface area contributed by atoms with Gasteiger partial charge in [-0.15, -0.1) is 0 Å². The van der Waals surface area contributed by atoms with E-state index in [1.54, 1.807) is 24.3 Å². The number of carbonyl (C=O) groups excluding carboxylic acids is 1. The maximum atomic E-state index is 12.5. The Morgan fingerprint density at radius 3 is 2.48 bits per heavy atom. The molecule has 0 spiro atoms. The molecule has 1 fully saturated rings. The van der Waals surface area contributed by atoms with E-state index in [9.17, 15) is 9.59 Å². The molecule has 9 nitrogen and oxygen atoms in total. The molecule has 0 aromatic carbocycles. The number of methoxy groups -OCH3 is 1. The SMILES string of the molecule is COc1ccnc(N2CCN(C(=O)c3ccc(C(=O)O)nc3)CC2)n1. The highest BCUT2D eigenvalue weighted by atomic mass is 16.5. The molecule has 0 bridgehead atoms. The van der Waals surface area contributed by atoms with E-state index in [4.69, 9.17) is 9.84 Å². The molecule has 0 unspecified atom stereocenters. The smallest absolute Gasteiger partial charge is 0.354 e. The van der Waals surface area contributed by atoms with Crippen molar-refractivity contribution in [3.63, 3.8) is 0 Å². The lowest BCUT2D eigenvalue weighted by Crippen LogP contribution is -2.49. The lowest BCUT2D eigenvalue weighted by atomic mass is 10.2. The van der Waals surface area contributed by atoms with Gasteiger partial charge in [-0.3, -0.25) is 4.79 Å². The highest BCUT2D eigenvalue weighted by Crippen LogP contribution is 2.15. The van der Waals surface area contributed by atoms with Gasteiger partial charge >= 0.3 is 5.97 Å². The molecule has 130 valence electrons. The second kappa shape index (κ2) is 7.12. The van der Waals surface area contributed by atoms with Crippen molar-refractivity contribution in [2.75, 3.05) is 38.2 Å². The van der Waals surface area contributed by atoms with Crippen LogP contribution in [0.1, 0.15) is 20.8 Å². The fraction of sp³-hybridized carbons (Fsp3) is 0.312. The molecule has 3 rings (SSSR count). The van der Waals surface area contributed by atoms with Crippen LogP contribution in [0, 0.1) is 0 Å².